The Labute approximate surface area is 177 Å². The number of amides is 2. The highest BCUT2D eigenvalue weighted by atomic mass is 16.5. The van der Waals surface area contributed by atoms with Crippen LogP contribution < -0.4 is 10.6 Å². The van der Waals surface area contributed by atoms with Gasteiger partial charge in [0, 0.05) is 13.1 Å². The third-order valence-electron chi connectivity index (χ3n) is 5.33. The highest BCUT2D eigenvalue weighted by Gasteiger charge is 2.29. The van der Waals surface area contributed by atoms with E-state index >= 15 is 0 Å². The lowest BCUT2D eigenvalue weighted by Crippen LogP contribution is -2.52. The van der Waals surface area contributed by atoms with E-state index in [1.165, 1.54) is 0 Å². The van der Waals surface area contributed by atoms with Crippen LogP contribution in [0, 0.1) is 0 Å². The van der Waals surface area contributed by atoms with Crippen molar-refractivity contribution in [3.8, 4) is 0 Å². The van der Waals surface area contributed by atoms with Crippen LogP contribution in [-0.4, -0.2) is 79.5 Å². The molecule has 0 spiro atoms. The van der Waals surface area contributed by atoms with Gasteiger partial charge in [-0.15, -0.1) is 0 Å². The van der Waals surface area contributed by atoms with Gasteiger partial charge in [0.25, 0.3) is 0 Å². The standard InChI is InChI=1S/C22H31N3O5/c1-16(17-5-3-2-4-6-17)23-21(27)13-18-7-8-19(20(15-26)30-18)24-22(28)14-25-9-11-29-12-10-25/h2-8,16,18-20,26H,9-15H2,1H3,(H,23,27)(H,24,28)/t16-,18+,19-,20-/m0/s1. The molecule has 1 saturated heterocycles. The number of aliphatic hydroxyl groups excluding tert-OH is 1. The van der Waals surface area contributed by atoms with Crippen LogP contribution >= 0.6 is 0 Å². The number of carbonyl (C=O) groups is 2. The quantitative estimate of drug-likeness (QED) is 0.529. The number of hydrogen-bond acceptors (Lipinski definition) is 6. The van der Waals surface area contributed by atoms with Gasteiger partial charge in [-0.25, -0.2) is 0 Å². The van der Waals surface area contributed by atoms with E-state index in [-0.39, 0.29) is 37.4 Å². The molecule has 0 radical (unpaired) electrons. The first-order valence-corrected chi connectivity index (χ1v) is 10.4. The smallest absolute Gasteiger partial charge is 0.234 e. The predicted octanol–water partition coefficient (Wildman–Crippen LogP) is 0.387. The first kappa shape index (κ1) is 22.4. The number of aliphatic hydroxyl groups is 1. The lowest BCUT2D eigenvalue weighted by Gasteiger charge is -2.33. The zero-order valence-corrected chi connectivity index (χ0v) is 17.3. The van der Waals surface area contributed by atoms with Gasteiger partial charge >= 0.3 is 0 Å². The van der Waals surface area contributed by atoms with Gasteiger partial charge in [-0.3, -0.25) is 14.5 Å². The Morgan fingerprint density at radius 2 is 1.90 bits per heavy atom. The van der Waals surface area contributed by atoms with Crippen LogP contribution in [0.2, 0.25) is 0 Å². The molecule has 164 valence electrons. The number of ether oxygens (including phenoxy) is 2. The van der Waals surface area contributed by atoms with Crippen molar-refractivity contribution in [2.24, 2.45) is 0 Å². The van der Waals surface area contributed by atoms with E-state index in [0.29, 0.717) is 13.2 Å². The van der Waals surface area contributed by atoms with Crippen molar-refractivity contribution in [3.63, 3.8) is 0 Å². The molecule has 8 heteroatoms. The van der Waals surface area contributed by atoms with Crippen molar-refractivity contribution in [1.29, 1.82) is 0 Å². The van der Waals surface area contributed by atoms with E-state index in [4.69, 9.17) is 9.47 Å². The number of nitrogens with zero attached hydrogens (tertiary/aromatic N) is 1. The van der Waals surface area contributed by atoms with Crippen LogP contribution in [-0.2, 0) is 19.1 Å². The van der Waals surface area contributed by atoms with Crippen molar-refractivity contribution < 1.29 is 24.2 Å². The molecule has 4 atom stereocenters. The fraction of sp³-hybridized carbons (Fsp3) is 0.545. The van der Waals surface area contributed by atoms with E-state index in [9.17, 15) is 14.7 Å². The van der Waals surface area contributed by atoms with Crippen LogP contribution in [0.15, 0.2) is 42.5 Å². The predicted molar refractivity (Wildman–Crippen MR) is 112 cm³/mol. The molecule has 0 bridgehead atoms. The van der Waals surface area contributed by atoms with Crippen molar-refractivity contribution in [3.05, 3.63) is 48.0 Å². The molecule has 1 aromatic carbocycles. The van der Waals surface area contributed by atoms with Crippen LogP contribution in [0.5, 0.6) is 0 Å². The first-order chi connectivity index (χ1) is 14.5. The minimum absolute atomic E-state index is 0.105. The summed E-state index contributed by atoms with van der Waals surface area (Å²) in [6.45, 7) is 4.69. The summed E-state index contributed by atoms with van der Waals surface area (Å²) in [5, 5.41) is 15.6. The molecule has 0 saturated carbocycles. The van der Waals surface area contributed by atoms with Gasteiger partial charge in [-0.1, -0.05) is 42.5 Å². The Balaban J connectivity index is 1.47. The van der Waals surface area contributed by atoms with E-state index in [1.54, 1.807) is 12.2 Å². The van der Waals surface area contributed by atoms with Crippen molar-refractivity contribution in [1.82, 2.24) is 15.5 Å². The Morgan fingerprint density at radius 1 is 1.17 bits per heavy atom. The summed E-state index contributed by atoms with van der Waals surface area (Å²) in [6.07, 6.45) is 2.70. The molecule has 0 aliphatic carbocycles. The zero-order chi connectivity index (χ0) is 21.3. The first-order valence-electron chi connectivity index (χ1n) is 10.4. The fourth-order valence-electron chi connectivity index (χ4n) is 3.64. The molecule has 0 aromatic heterocycles. The normalized spacial score (nSPS) is 25.5. The molecule has 2 aliphatic heterocycles. The van der Waals surface area contributed by atoms with Gasteiger partial charge in [0.05, 0.1) is 51.0 Å². The molecule has 0 unspecified atom stereocenters. The van der Waals surface area contributed by atoms with Crippen LogP contribution in [0.4, 0.5) is 0 Å². The lowest BCUT2D eigenvalue weighted by atomic mass is 10.0. The second kappa shape index (κ2) is 11.2. The third kappa shape index (κ3) is 6.63. The molecule has 3 N–H and O–H groups in total. The van der Waals surface area contributed by atoms with Crippen LogP contribution in [0.25, 0.3) is 0 Å². The van der Waals surface area contributed by atoms with Gasteiger partial charge in [-0.2, -0.15) is 0 Å². The Morgan fingerprint density at radius 3 is 2.60 bits per heavy atom. The highest BCUT2D eigenvalue weighted by molar-refractivity contribution is 5.79. The topological polar surface area (TPSA) is 100 Å². The molecule has 30 heavy (non-hydrogen) atoms. The lowest BCUT2D eigenvalue weighted by molar-refractivity contribution is -0.129. The summed E-state index contributed by atoms with van der Waals surface area (Å²) in [7, 11) is 0. The summed E-state index contributed by atoms with van der Waals surface area (Å²) in [6, 6.07) is 9.21. The van der Waals surface area contributed by atoms with Crippen molar-refractivity contribution in [2.45, 2.75) is 37.6 Å². The van der Waals surface area contributed by atoms with E-state index in [2.05, 4.69) is 10.6 Å². The number of hydrogen-bond donors (Lipinski definition) is 3. The van der Waals surface area contributed by atoms with Gasteiger partial charge < -0.3 is 25.2 Å². The molecular weight excluding hydrogens is 386 g/mol. The molecule has 2 heterocycles. The second-order valence-corrected chi connectivity index (χ2v) is 7.67. The maximum Gasteiger partial charge on any atom is 0.234 e. The molecule has 1 fully saturated rings. The van der Waals surface area contributed by atoms with Gasteiger partial charge in [0.2, 0.25) is 11.8 Å². The summed E-state index contributed by atoms with van der Waals surface area (Å²) in [4.78, 5) is 26.8. The van der Waals surface area contributed by atoms with E-state index < -0.39 is 18.2 Å². The average Bonchev–Trinajstić information content (AvgIpc) is 2.76. The number of carbonyl (C=O) groups excluding carboxylic acids is 2. The molecule has 2 aliphatic rings. The van der Waals surface area contributed by atoms with Gasteiger partial charge in [0.1, 0.15) is 6.10 Å². The number of morpholine rings is 1. The van der Waals surface area contributed by atoms with Gasteiger partial charge in [0.15, 0.2) is 0 Å². The third-order valence-corrected chi connectivity index (χ3v) is 5.33. The van der Waals surface area contributed by atoms with Crippen LogP contribution in [0.1, 0.15) is 24.9 Å². The van der Waals surface area contributed by atoms with Gasteiger partial charge in [-0.05, 0) is 12.5 Å². The zero-order valence-electron chi connectivity index (χ0n) is 17.3. The molecular formula is C22H31N3O5. The monoisotopic (exact) mass is 417 g/mol. The number of nitrogens with one attached hydrogen (secondary N) is 2. The largest absolute Gasteiger partial charge is 0.394 e. The molecule has 1 aromatic rings. The maximum absolute atomic E-state index is 12.4. The van der Waals surface area contributed by atoms with E-state index in [0.717, 1.165) is 18.7 Å². The number of rotatable bonds is 8. The Hall–Kier alpha value is -2.26. The van der Waals surface area contributed by atoms with Crippen molar-refractivity contribution >= 4 is 11.8 Å². The Bertz CT molecular complexity index is 721. The highest BCUT2D eigenvalue weighted by Crippen LogP contribution is 2.17. The summed E-state index contributed by atoms with van der Waals surface area (Å²) in [5.74, 6) is -0.256. The minimum Gasteiger partial charge on any atom is -0.394 e. The summed E-state index contributed by atoms with van der Waals surface area (Å²) in [5.41, 5.74) is 1.03. The second-order valence-electron chi connectivity index (χ2n) is 7.67. The molecule has 2 amide bonds. The van der Waals surface area contributed by atoms with E-state index in [1.807, 2.05) is 42.2 Å². The minimum atomic E-state index is -0.590. The molecule has 8 nitrogen and oxygen atoms in total. The van der Waals surface area contributed by atoms with Crippen molar-refractivity contribution in [2.75, 3.05) is 39.5 Å². The summed E-state index contributed by atoms with van der Waals surface area (Å²) >= 11 is 0. The maximum atomic E-state index is 12.4. The molecule has 3 rings (SSSR count). The average molecular weight is 418 g/mol. The summed E-state index contributed by atoms with van der Waals surface area (Å²) < 4.78 is 11.1. The van der Waals surface area contributed by atoms with Crippen LogP contribution in [0.3, 0.4) is 0 Å². The SMILES string of the molecule is C[C@H](NC(=O)C[C@H]1C=C[C@H](NC(=O)CN2CCOCC2)[C@H](CO)O1)c1ccccc1. The Kier molecular flexibility index (Phi) is 8.39. The fourth-order valence-corrected chi connectivity index (χ4v) is 3.64. The number of benzene rings is 1.